The second-order valence-electron chi connectivity index (χ2n) is 9.42. The molecule has 0 bridgehead atoms. The zero-order chi connectivity index (χ0) is 30.7. The Morgan fingerprint density at radius 2 is 1.07 bits per heavy atom. The van der Waals surface area contributed by atoms with Crippen LogP contribution in [0.4, 0.5) is 11.4 Å². The number of carbonyl (C=O) groups excluding carboxylic acids is 2. The molecule has 0 saturated heterocycles. The van der Waals surface area contributed by atoms with Crippen molar-refractivity contribution in [1.82, 2.24) is 30.0 Å². The highest BCUT2D eigenvalue weighted by Gasteiger charge is 2.10. The average molecular weight is 599 g/mol. The van der Waals surface area contributed by atoms with E-state index in [1.54, 1.807) is 99.4 Å². The number of methoxy groups -OCH3 is 2. The Hall–Kier alpha value is -5.92. The van der Waals surface area contributed by atoms with Crippen LogP contribution in [0.1, 0.15) is 11.4 Å². The van der Waals surface area contributed by atoms with Crippen molar-refractivity contribution in [2.45, 2.75) is 26.3 Å². The van der Waals surface area contributed by atoms with Crippen molar-refractivity contribution in [2.75, 3.05) is 24.9 Å². The maximum absolute atomic E-state index is 12.4. The Kier molecular flexibility index (Phi) is 9.62. The molecule has 14 nitrogen and oxygen atoms in total. The number of hydrogen-bond donors (Lipinski definition) is 2. The third kappa shape index (κ3) is 8.55. The summed E-state index contributed by atoms with van der Waals surface area (Å²) in [6, 6.07) is 21.2. The van der Waals surface area contributed by atoms with Gasteiger partial charge in [-0.2, -0.15) is 0 Å². The molecule has 5 aromatic rings. The van der Waals surface area contributed by atoms with Gasteiger partial charge >= 0.3 is 0 Å². The number of benzene rings is 3. The van der Waals surface area contributed by atoms with Gasteiger partial charge in [0.1, 0.15) is 60.7 Å². The molecule has 0 aliphatic heterocycles. The van der Waals surface area contributed by atoms with Crippen LogP contribution in [0.2, 0.25) is 0 Å². The highest BCUT2D eigenvalue weighted by Crippen LogP contribution is 2.21. The van der Waals surface area contributed by atoms with Gasteiger partial charge < -0.3 is 29.6 Å². The summed E-state index contributed by atoms with van der Waals surface area (Å²) in [6.45, 7) is 0.299. The standard InChI is InChI=1S/C30H30N8O6/c1-41-25-10-6-21(7-11-25)31-29(39)17-37-15-23(33-35-37)19-43-27-4-3-5-28(14-27)44-20-24-16-38(36-34-24)18-30(40)32-22-8-12-26(42-2)13-9-22/h3-16H,17-20H2,1-2H3,(H,31,39)(H,32,40). The van der Waals surface area contributed by atoms with E-state index in [0.717, 1.165) is 0 Å². The van der Waals surface area contributed by atoms with E-state index >= 15 is 0 Å². The molecule has 0 unspecified atom stereocenters. The van der Waals surface area contributed by atoms with Crippen LogP contribution >= 0.6 is 0 Å². The fourth-order valence-electron chi connectivity index (χ4n) is 3.98. The van der Waals surface area contributed by atoms with Gasteiger partial charge in [0.05, 0.1) is 26.6 Å². The molecule has 0 radical (unpaired) electrons. The molecule has 0 fully saturated rings. The average Bonchev–Trinajstić information content (AvgIpc) is 3.69. The number of nitrogens with zero attached hydrogens (tertiary/aromatic N) is 6. The number of anilines is 2. The lowest BCUT2D eigenvalue weighted by molar-refractivity contribution is -0.117. The van der Waals surface area contributed by atoms with E-state index in [2.05, 4.69) is 31.3 Å². The minimum Gasteiger partial charge on any atom is -0.497 e. The Morgan fingerprint density at radius 3 is 1.48 bits per heavy atom. The number of ether oxygens (including phenoxy) is 4. The molecule has 0 saturated carbocycles. The van der Waals surface area contributed by atoms with Crippen molar-refractivity contribution in [3.05, 3.63) is 96.6 Å². The van der Waals surface area contributed by atoms with Gasteiger partial charge in [0.2, 0.25) is 11.8 Å². The summed E-state index contributed by atoms with van der Waals surface area (Å²) >= 11 is 0. The summed E-state index contributed by atoms with van der Waals surface area (Å²) in [6.07, 6.45) is 3.29. The molecule has 0 aliphatic carbocycles. The first-order valence-corrected chi connectivity index (χ1v) is 13.5. The van der Waals surface area contributed by atoms with Crippen LogP contribution in [0.25, 0.3) is 0 Å². The Morgan fingerprint density at radius 1 is 0.636 bits per heavy atom. The Bertz CT molecular complexity index is 1560. The van der Waals surface area contributed by atoms with Gasteiger partial charge in [-0.15, -0.1) is 10.2 Å². The lowest BCUT2D eigenvalue weighted by Gasteiger charge is -2.08. The Balaban J connectivity index is 1.05. The third-order valence-electron chi connectivity index (χ3n) is 6.11. The third-order valence-corrected chi connectivity index (χ3v) is 6.11. The molecular weight excluding hydrogens is 568 g/mol. The number of amides is 2. The van der Waals surface area contributed by atoms with Gasteiger partial charge in [0.15, 0.2) is 0 Å². The molecular formula is C30H30N8O6. The smallest absolute Gasteiger partial charge is 0.246 e. The van der Waals surface area contributed by atoms with E-state index in [1.165, 1.54) is 9.36 Å². The van der Waals surface area contributed by atoms with Crippen LogP contribution < -0.4 is 29.6 Å². The summed E-state index contributed by atoms with van der Waals surface area (Å²) in [5.74, 6) is 2.05. The highest BCUT2D eigenvalue weighted by molar-refractivity contribution is 5.91. The fraction of sp³-hybridized carbons (Fsp3) is 0.200. The van der Waals surface area contributed by atoms with Crippen molar-refractivity contribution in [3.63, 3.8) is 0 Å². The first kappa shape index (κ1) is 29.6. The summed E-state index contributed by atoms with van der Waals surface area (Å²) in [5.41, 5.74) is 2.42. The zero-order valence-electron chi connectivity index (χ0n) is 24.0. The Labute approximate surface area is 252 Å². The first-order valence-electron chi connectivity index (χ1n) is 13.5. The van der Waals surface area contributed by atoms with Crippen LogP contribution in [0, 0.1) is 0 Å². The molecule has 0 aliphatic rings. The molecule has 2 N–H and O–H groups in total. The predicted molar refractivity (Wildman–Crippen MR) is 158 cm³/mol. The van der Waals surface area contributed by atoms with Crippen molar-refractivity contribution in [3.8, 4) is 23.0 Å². The van der Waals surface area contributed by atoms with Gasteiger partial charge in [-0.1, -0.05) is 16.5 Å². The molecule has 226 valence electrons. The van der Waals surface area contributed by atoms with Gasteiger partial charge in [-0.25, -0.2) is 9.36 Å². The van der Waals surface area contributed by atoms with Gasteiger partial charge in [0, 0.05) is 17.4 Å². The predicted octanol–water partition coefficient (Wildman–Crippen LogP) is 3.32. The van der Waals surface area contributed by atoms with E-state index in [1.807, 2.05) is 0 Å². The van der Waals surface area contributed by atoms with Crippen molar-refractivity contribution in [2.24, 2.45) is 0 Å². The number of carbonyl (C=O) groups is 2. The number of hydrogen-bond acceptors (Lipinski definition) is 10. The second kappa shape index (κ2) is 14.3. The summed E-state index contributed by atoms with van der Waals surface area (Å²) in [7, 11) is 3.16. The zero-order valence-corrected chi connectivity index (χ0v) is 24.0. The SMILES string of the molecule is COc1ccc(NC(=O)Cn2cc(COc3cccc(OCc4cn(CC(=O)Nc5ccc(OC)cc5)nn4)c3)nn2)cc1. The lowest BCUT2D eigenvalue weighted by atomic mass is 10.3. The van der Waals surface area contributed by atoms with Crippen LogP contribution in [-0.2, 0) is 35.9 Å². The van der Waals surface area contributed by atoms with Gasteiger partial charge in [-0.05, 0) is 60.7 Å². The highest BCUT2D eigenvalue weighted by atomic mass is 16.5. The number of rotatable bonds is 14. The van der Waals surface area contributed by atoms with Gasteiger partial charge in [0.25, 0.3) is 0 Å². The topological polar surface area (TPSA) is 157 Å². The first-order chi connectivity index (χ1) is 21.4. The fourth-order valence-corrected chi connectivity index (χ4v) is 3.98. The normalized spacial score (nSPS) is 10.6. The lowest BCUT2D eigenvalue weighted by Crippen LogP contribution is -2.19. The molecule has 0 spiro atoms. The van der Waals surface area contributed by atoms with Crippen molar-refractivity contribution < 1.29 is 28.5 Å². The molecule has 2 aromatic heterocycles. The molecule has 5 rings (SSSR count). The molecule has 0 atom stereocenters. The minimum atomic E-state index is -0.241. The van der Waals surface area contributed by atoms with E-state index in [0.29, 0.717) is 45.8 Å². The quantitative estimate of drug-likeness (QED) is 0.194. The van der Waals surface area contributed by atoms with Crippen LogP contribution in [0.3, 0.4) is 0 Å². The number of nitrogens with one attached hydrogen (secondary N) is 2. The summed E-state index contributed by atoms with van der Waals surface area (Å²) in [5, 5.41) is 21.8. The van der Waals surface area contributed by atoms with Crippen molar-refractivity contribution >= 4 is 23.2 Å². The minimum absolute atomic E-state index is 0.000313. The largest absolute Gasteiger partial charge is 0.497 e. The molecule has 2 amide bonds. The van der Waals surface area contributed by atoms with E-state index in [9.17, 15) is 9.59 Å². The van der Waals surface area contributed by atoms with E-state index in [4.69, 9.17) is 18.9 Å². The second-order valence-corrected chi connectivity index (χ2v) is 9.42. The van der Waals surface area contributed by atoms with Crippen LogP contribution in [0.5, 0.6) is 23.0 Å². The molecule has 14 heteroatoms. The summed E-state index contributed by atoms with van der Waals surface area (Å²) < 4.78 is 24.8. The van der Waals surface area contributed by atoms with Crippen molar-refractivity contribution in [1.29, 1.82) is 0 Å². The van der Waals surface area contributed by atoms with Crippen LogP contribution in [0.15, 0.2) is 85.2 Å². The molecule has 3 aromatic carbocycles. The van der Waals surface area contributed by atoms with E-state index in [-0.39, 0.29) is 38.1 Å². The summed E-state index contributed by atoms with van der Waals surface area (Å²) in [4.78, 5) is 24.7. The van der Waals surface area contributed by atoms with E-state index < -0.39 is 0 Å². The monoisotopic (exact) mass is 598 g/mol. The maximum Gasteiger partial charge on any atom is 0.246 e. The number of aromatic nitrogens is 6. The van der Waals surface area contributed by atoms with Crippen LogP contribution in [-0.4, -0.2) is 56.0 Å². The molecule has 44 heavy (non-hydrogen) atoms. The van der Waals surface area contributed by atoms with Gasteiger partial charge in [-0.3, -0.25) is 9.59 Å². The maximum atomic E-state index is 12.4. The molecule has 2 heterocycles.